The Morgan fingerprint density at radius 3 is 2.87 bits per heavy atom. The molecule has 5 heteroatoms. The first-order chi connectivity index (χ1) is 7.20. The van der Waals surface area contributed by atoms with Gasteiger partial charge in [0.05, 0.1) is 16.1 Å². The highest BCUT2D eigenvalue weighted by Gasteiger charge is 2.22. The zero-order chi connectivity index (χ0) is 10.8. The highest BCUT2D eigenvalue weighted by atomic mass is 79.9. The summed E-state index contributed by atoms with van der Waals surface area (Å²) in [7, 11) is 0. The van der Waals surface area contributed by atoms with Crippen molar-refractivity contribution in [3.63, 3.8) is 0 Å². The fraction of sp³-hybridized carbons (Fsp3) is 0.400. The zero-order valence-electron chi connectivity index (χ0n) is 7.87. The second-order valence-corrected chi connectivity index (χ2v) is 4.84. The van der Waals surface area contributed by atoms with Crippen LogP contribution in [-0.4, -0.2) is 6.61 Å². The molecule has 0 spiro atoms. The average molecular weight is 291 g/mol. The highest BCUT2D eigenvalue weighted by molar-refractivity contribution is 9.10. The van der Waals surface area contributed by atoms with Crippen LogP contribution in [0.3, 0.4) is 0 Å². The fourth-order valence-electron chi connectivity index (χ4n) is 1.19. The minimum absolute atomic E-state index is 0.291. The van der Waals surface area contributed by atoms with Crippen molar-refractivity contribution in [2.24, 2.45) is 11.1 Å². The molecule has 0 unspecified atom stereocenters. The molecule has 0 bridgehead atoms. The van der Waals surface area contributed by atoms with Gasteiger partial charge in [-0.1, -0.05) is 11.6 Å². The molecule has 15 heavy (non-hydrogen) atoms. The van der Waals surface area contributed by atoms with Crippen LogP contribution in [0.2, 0.25) is 5.02 Å². The molecular formula is C10H9BrClNO2. The van der Waals surface area contributed by atoms with Gasteiger partial charge in [0.25, 0.3) is 0 Å². The standard InChI is InChI=1S/C10H9BrClNO2/c11-7-3-10(15-5-6-1-2-6)8(12)4-9(7)13-14/h3-4,6H,1-2,5H2. The van der Waals surface area contributed by atoms with Gasteiger partial charge in [-0.25, -0.2) is 0 Å². The number of nitroso groups, excluding NO2 is 1. The minimum Gasteiger partial charge on any atom is -0.492 e. The number of hydrogen-bond donors (Lipinski definition) is 0. The van der Waals surface area contributed by atoms with Crippen molar-refractivity contribution in [3.8, 4) is 5.75 Å². The predicted molar refractivity (Wildman–Crippen MR) is 62.8 cm³/mol. The number of rotatable bonds is 4. The van der Waals surface area contributed by atoms with E-state index in [9.17, 15) is 4.91 Å². The summed E-state index contributed by atoms with van der Waals surface area (Å²) in [6.07, 6.45) is 2.46. The number of ether oxygens (including phenoxy) is 1. The van der Waals surface area contributed by atoms with Crippen molar-refractivity contribution in [2.45, 2.75) is 12.8 Å². The molecule has 0 radical (unpaired) electrons. The van der Waals surface area contributed by atoms with Gasteiger partial charge in [0.2, 0.25) is 0 Å². The third-order valence-electron chi connectivity index (χ3n) is 2.27. The molecule has 0 aliphatic heterocycles. The summed E-state index contributed by atoms with van der Waals surface area (Å²) < 4.78 is 6.14. The van der Waals surface area contributed by atoms with Crippen molar-refractivity contribution in [3.05, 3.63) is 26.5 Å². The van der Waals surface area contributed by atoms with Crippen LogP contribution in [0.25, 0.3) is 0 Å². The quantitative estimate of drug-likeness (QED) is 0.776. The molecule has 0 heterocycles. The summed E-state index contributed by atoms with van der Waals surface area (Å²) in [5.41, 5.74) is 0.291. The molecule has 1 aliphatic carbocycles. The van der Waals surface area contributed by atoms with E-state index in [1.165, 1.54) is 18.9 Å². The molecular weight excluding hydrogens is 281 g/mol. The van der Waals surface area contributed by atoms with Gasteiger partial charge in [-0.05, 0) is 52.0 Å². The van der Waals surface area contributed by atoms with Gasteiger partial charge in [0.15, 0.2) is 0 Å². The Labute approximate surface area is 101 Å². The van der Waals surface area contributed by atoms with Crippen LogP contribution >= 0.6 is 27.5 Å². The predicted octanol–water partition coefficient (Wildman–Crippen LogP) is 4.29. The molecule has 1 aromatic rings. The maximum atomic E-state index is 10.4. The van der Waals surface area contributed by atoms with Crippen molar-refractivity contribution < 1.29 is 4.74 Å². The number of nitrogens with zero attached hydrogens (tertiary/aromatic N) is 1. The molecule has 0 aromatic heterocycles. The Hall–Kier alpha value is -0.610. The molecule has 1 fully saturated rings. The van der Waals surface area contributed by atoms with Gasteiger partial charge >= 0.3 is 0 Å². The molecule has 0 saturated heterocycles. The van der Waals surface area contributed by atoms with E-state index in [2.05, 4.69) is 21.1 Å². The van der Waals surface area contributed by atoms with Crippen LogP contribution in [0.15, 0.2) is 21.8 Å². The van der Waals surface area contributed by atoms with Crippen LogP contribution in [0.4, 0.5) is 5.69 Å². The van der Waals surface area contributed by atoms with Crippen molar-refractivity contribution in [2.75, 3.05) is 6.61 Å². The first kappa shape index (κ1) is 10.9. The normalized spacial score (nSPS) is 15.1. The second kappa shape index (κ2) is 4.49. The Balaban J connectivity index is 2.15. The molecule has 3 nitrogen and oxygen atoms in total. The maximum absolute atomic E-state index is 10.4. The van der Waals surface area contributed by atoms with Gasteiger partial charge in [-0.2, -0.15) is 0 Å². The van der Waals surface area contributed by atoms with Gasteiger partial charge in [0, 0.05) is 0 Å². The van der Waals surface area contributed by atoms with Crippen molar-refractivity contribution in [1.82, 2.24) is 0 Å². The zero-order valence-corrected chi connectivity index (χ0v) is 10.2. The van der Waals surface area contributed by atoms with Gasteiger partial charge in [0.1, 0.15) is 11.4 Å². The average Bonchev–Trinajstić information content (AvgIpc) is 3.02. The molecule has 1 saturated carbocycles. The van der Waals surface area contributed by atoms with E-state index in [0.29, 0.717) is 33.5 Å². The fourth-order valence-corrected chi connectivity index (χ4v) is 1.80. The third-order valence-corrected chi connectivity index (χ3v) is 3.20. The Kier molecular flexibility index (Phi) is 3.26. The Morgan fingerprint density at radius 2 is 2.27 bits per heavy atom. The van der Waals surface area contributed by atoms with E-state index in [4.69, 9.17) is 16.3 Å². The largest absolute Gasteiger partial charge is 0.492 e. The number of benzene rings is 1. The summed E-state index contributed by atoms with van der Waals surface area (Å²) in [5.74, 6) is 1.27. The maximum Gasteiger partial charge on any atom is 0.139 e. The van der Waals surface area contributed by atoms with Crippen molar-refractivity contribution >= 4 is 33.2 Å². The summed E-state index contributed by atoms with van der Waals surface area (Å²) in [4.78, 5) is 10.4. The van der Waals surface area contributed by atoms with Gasteiger partial charge < -0.3 is 4.74 Å². The van der Waals surface area contributed by atoms with Crippen LogP contribution in [-0.2, 0) is 0 Å². The first-order valence-electron chi connectivity index (χ1n) is 4.66. The minimum atomic E-state index is 0.291. The SMILES string of the molecule is O=Nc1cc(Cl)c(OCC2CC2)cc1Br. The number of halogens is 2. The molecule has 1 aliphatic rings. The first-order valence-corrected chi connectivity index (χ1v) is 5.83. The number of hydrogen-bond acceptors (Lipinski definition) is 3. The topological polar surface area (TPSA) is 38.7 Å². The van der Waals surface area contributed by atoms with Crippen LogP contribution < -0.4 is 4.74 Å². The Bertz CT molecular complexity index is 393. The van der Waals surface area contributed by atoms with Gasteiger partial charge in [-0.15, -0.1) is 4.91 Å². The summed E-state index contributed by atoms with van der Waals surface area (Å²) in [6.45, 7) is 0.694. The summed E-state index contributed by atoms with van der Waals surface area (Å²) in [5, 5.41) is 3.27. The van der Waals surface area contributed by atoms with E-state index in [1.54, 1.807) is 6.07 Å². The molecule has 0 atom stereocenters. The lowest BCUT2D eigenvalue weighted by Crippen LogP contribution is -1.99. The third kappa shape index (κ3) is 2.69. The molecule has 80 valence electrons. The highest BCUT2D eigenvalue weighted by Crippen LogP contribution is 2.37. The van der Waals surface area contributed by atoms with Crippen molar-refractivity contribution in [1.29, 1.82) is 0 Å². The van der Waals surface area contributed by atoms with E-state index < -0.39 is 0 Å². The molecule has 0 N–H and O–H groups in total. The molecule has 2 rings (SSSR count). The monoisotopic (exact) mass is 289 g/mol. The van der Waals surface area contributed by atoms with Gasteiger partial charge in [-0.3, -0.25) is 0 Å². The lowest BCUT2D eigenvalue weighted by Gasteiger charge is -2.08. The smallest absolute Gasteiger partial charge is 0.139 e. The second-order valence-electron chi connectivity index (χ2n) is 3.58. The lowest BCUT2D eigenvalue weighted by atomic mass is 10.3. The van der Waals surface area contributed by atoms with Crippen LogP contribution in [0.5, 0.6) is 5.75 Å². The van der Waals surface area contributed by atoms with E-state index in [0.717, 1.165) is 0 Å². The lowest BCUT2D eigenvalue weighted by molar-refractivity contribution is 0.300. The summed E-state index contributed by atoms with van der Waals surface area (Å²) in [6, 6.07) is 3.18. The van der Waals surface area contributed by atoms with Crippen LogP contribution in [0.1, 0.15) is 12.8 Å². The molecule has 0 amide bonds. The van der Waals surface area contributed by atoms with E-state index in [-0.39, 0.29) is 0 Å². The van der Waals surface area contributed by atoms with Crippen LogP contribution in [0, 0.1) is 10.8 Å². The molecule has 1 aromatic carbocycles. The van der Waals surface area contributed by atoms with E-state index >= 15 is 0 Å². The summed E-state index contributed by atoms with van der Waals surface area (Å²) >= 11 is 9.17. The Morgan fingerprint density at radius 1 is 1.53 bits per heavy atom. The van der Waals surface area contributed by atoms with E-state index in [1.807, 2.05) is 0 Å².